The number of esters is 2. The van der Waals surface area contributed by atoms with Crippen molar-refractivity contribution in [3.8, 4) is 0 Å². The number of carbonyl (C=O) groups excluding carboxylic acids is 4. The standard InChI is InChI=1S/C21H22N2O6S/c1-3-28-21(27)16-12(2)17(18(25)22-14-7-5-4-6-8-14)30-19(16)23-15(24)11-29-20(26)13-9-10-13/h4-8,13H,3,9-11H2,1-2H3,(H,22,25)(H,23,24). The molecule has 0 saturated heterocycles. The monoisotopic (exact) mass is 430 g/mol. The van der Waals surface area contributed by atoms with Crippen LogP contribution in [0.4, 0.5) is 10.7 Å². The van der Waals surface area contributed by atoms with Gasteiger partial charge in [0.25, 0.3) is 11.8 Å². The fourth-order valence-corrected chi connectivity index (χ4v) is 3.82. The molecule has 0 bridgehead atoms. The van der Waals surface area contributed by atoms with Gasteiger partial charge in [-0.05, 0) is 44.4 Å². The minimum atomic E-state index is -0.643. The Bertz CT molecular complexity index is 965. The molecule has 1 aromatic heterocycles. The molecule has 1 aliphatic rings. The van der Waals surface area contributed by atoms with Crippen LogP contribution in [0.25, 0.3) is 0 Å². The van der Waals surface area contributed by atoms with E-state index in [0.29, 0.717) is 11.3 Å². The second kappa shape index (κ2) is 9.53. The maximum atomic E-state index is 12.7. The van der Waals surface area contributed by atoms with Crippen LogP contribution in [0.5, 0.6) is 0 Å². The number of hydrogen-bond acceptors (Lipinski definition) is 7. The summed E-state index contributed by atoms with van der Waals surface area (Å²) in [4.78, 5) is 49.3. The maximum absolute atomic E-state index is 12.7. The first-order chi connectivity index (χ1) is 14.4. The first-order valence-corrected chi connectivity index (χ1v) is 10.4. The molecule has 0 aliphatic heterocycles. The lowest BCUT2D eigenvalue weighted by Gasteiger charge is -2.07. The van der Waals surface area contributed by atoms with Crippen LogP contribution in [0, 0.1) is 12.8 Å². The number of benzene rings is 1. The number of amides is 2. The Balaban J connectivity index is 1.78. The van der Waals surface area contributed by atoms with Gasteiger partial charge in [-0.2, -0.15) is 0 Å². The largest absolute Gasteiger partial charge is 0.462 e. The molecule has 30 heavy (non-hydrogen) atoms. The lowest BCUT2D eigenvalue weighted by atomic mass is 10.1. The molecule has 3 rings (SSSR count). The second-order valence-electron chi connectivity index (χ2n) is 6.73. The van der Waals surface area contributed by atoms with E-state index in [1.54, 1.807) is 38.1 Å². The van der Waals surface area contributed by atoms with E-state index in [2.05, 4.69) is 10.6 Å². The van der Waals surface area contributed by atoms with E-state index in [4.69, 9.17) is 9.47 Å². The quantitative estimate of drug-likeness (QED) is 0.621. The van der Waals surface area contributed by atoms with Crippen molar-refractivity contribution < 1.29 is 28.7 Å². The van der Waals surface area contributed by atoms with Gasteiger partial charge in [-0.25, -0.2) is 4.79 Å². The summed E-state index contributed by atoms with van der Waals surface area (Å²) in [6.45, 7) is 2.97. The summed E-state index contributed by atoms with van der Waals surface area (Å²) in [5.41, 5.74) is 1.12. The maximum Gasteiger partial charge on any atom is 0.341 e. The van der Waals surface area contributed by atoms with E-state index in [0.717, 1.165) is 24.2 Å². The molecule has 2 N–H and O–H groups in total. The molecule has 0 unspecified atom stereocenters. The van der Waals surface area contributed by atoms with Crippen molar-refractivity contribution in [2.24, 2.45) is 5.92 Å². The molecule has 1 aliphatic carbocycles. The minimum absolute atomic E-state index is 0.113. The Hall–Kier alpha value is -3.20. The van der Waals surface area contributed by atoms with Crippen LogP contribution >= 0.6 is 11.3 Å². The van der Waals surface area contributed by atoms with Crippen LogP contribution in [0.3, 0.4) is 0 Å². The lowest BCUT2D eigenvalue weighted by Crippen LogP contribution is -2.22. The third-order valence-corrected chi connectivity index (χ3v) is 5.58. The lowest BCUT2D eigenvalue weighted by molar-refractivity contribution is -0.148. The van der Waals surface area contributed by atoms with Gasteiger partial charge < -0.3 is 20.1 Å². The van der Waals surface area contributed by atoms with Crippen LogP contribution in [0.2, 0.25) is 0 Å². The molecule has 9 heteroatoms. The normalized spacial score (nSPS) is 12.7. The van der Waals surface area contributed by atoms with Crippen LogP contribution < -0.4 is 10.6 Å². The van der Waals surface area contributed by atoms with Crippen LogP contribution in [0.15, 0.2) is 30.3 Å². The van der Waals surface area contributed by atoms with Crippen LogP contribution in [0.1, 0.15) is 45.4 Å². The number of rotatable bonds is 8. The topological polar surface area (TPSA) is 111 Å². The number of carbonyl (C=O) groups is 4. The SMILES string of the molecule is CCOC(=O)c1c(NC(=O)COC(=O)C2CC2)sc(C(=O)Nc2ccccc2)c1C. The van der Waals surface area contributed by atoms with Crippen molar-refractivity contribution in [2.45, 2.75) is 26.7 Å². The average Bonchev–Trinajstić information content (AvgIpc) is 3.51. The Morgan fingerprint density at radius 1 is 1.07 bits per heavy atom. The molecular weight excluding hydrogens is 408 g/mol. The van der Waals surface area contributed by atoms with E-state index in [-0.39, 0.29) is 28.0 Å². The van der Waals surface area contributed by atoms with Crippen molar-refractivity contribution >= 4 is 45.8 Å². The third-order valence-electron chi connectivity index (χ3n) is 4.37. The number of anilines is 2. The van der Waals surface area contributed by atoms with Gasteiger partial charge in [0.15, 0.2) is 6.61 Å². The van der Waals surface area contributed by atoms with Gasteiger partial charge >= 0.3 is 11.9 Å². The first kappa shape index (κ1) is 21.5. The molecule has 1 saturated carbocycles. The van der Waals surface area contributed by atoms with Crippen LogP contribution in [-0.2, 0) is 19.1 Å². The summed E-state index contributed by atoms with van der Waals surface area (Å²) < 4.78 is 10.0. The zero-order valence-corrected chi connectivity index (χ0v) is 17.5. The average molecular weight is 430 g/mol. The summed E-state index contributed by atoms with van der Waals surface area (Å²) >= 11 is 0.964. The van der Waals surface area contributed by atoms with E-state index in [1.165, 1.54) is 0 Å². The zero-order chi connectivity index (χ0) is 21.7. The van der Waals surface area contributed by atoms with Gasteiger partial charge in [-0.3, -0.25) is 14.4 Å². The van der Waals surface area contributed by atoms with Gasteiger partial charge in [0.1, 0.15) is 5.00 Å². The smallest absolute Gasteiger partial charge is 0.341 e. The predicted octanol–water partition coefficient (Wildman–Crippen LogP) is 3.38. The molecule has 2 amide bonds. The number of ether oxygens (including phenoxy) is 2. The van der Waals surface area contributed by atoms with Gasteiger partial charge in [0, 0.05) is 5.69 Å². The summed E-state index contributed by atoms with van der Waals surface area (Å²) in [5.74, 6) is -2.16. The number of thiophene rings is 1. The molecule has 1 aromatic carbocycles. The summed E-state index contributed by atoms with van der Waals surface area (Å²) in [6, 6.07) is 8.88. The number of nitrogens with one attached hydrogen (secondary N) is 2. The summed E-state index contributed by atoms with van der Waals surface area (Å²) in [6.07, 6.45) is 1.55. The molecule has 8 nitrogen and oxygen atoms in total. The molecule has 2 aromatic rings. The second-order valence-corrected chi connectivity index (χ2v) is 7.75. The van der Waals surface area contributed by atoms with Gasteiger partial charge in [-0.1, -0.05) is 18.2 Å². The van der Waals surface area contributed by atoms with E-state index >= 15 is 0 Å². The molecule has 0 atom stereocenters. The van der Waals surface area contributed by atoms with Crippen molar-refractivity contribution in [2.75, 3.05) is 23.8 Å². The highest BCUT2D eigenvalue weighted by Crippen LogP contribution is 2.34. The first-order valence-electron chi connectivity index (χ1n) is 9.54. The highest BCUT2D eigenvalue weighted by Gasteiger charge is 2.32. The Morgan fingerprint density at radius 2 is 1.77 bits per heavy atom. The van der Waals surface area contributed by atoms with Gasteiger partial charge in [-0.15, -0.1) is 11.3 Å². The number of para-hydroxylation sites is 1. The Kier molecular flexibility index (Phi) is 6.83. The van der Waals surface area contributed by atoms with Crippen molar-refractivity contribution in [1.82, 2.24) is 0 Å². The molecule has 1 fully saturated rings. The van der Waals surface area contributed by atoms with Gasteiger partial charge in [0.05, 0.1) is 23.0 Å². The predicted molar refractivity (Wildman–Crippen MR) is 112 cm³/mol. The highest BCUT2D eigenvalue weighted by molar-refractivity contribution is 7.18. The number of hydrogen-bond donors (Lipinski definition) is 2. The van der Waals surface area contributed by atoms with Crippen molar-refractivity contribution in [3.05, 3.63) is 46.3 Å². The van der Waals surface area contributed by atoms with E-state index in [9.17, 15) is 19.2 Å². The fraction of sp³-hybridized carbons (Fsp3) is 0.333. The van der Waals surface area contributed by atoms with Crippen LogP contribution in [-0.4, -0.2) is 37.0 Å². The van der Waals surface area contributed by atoms with E-state index < -0.39 is 30.4 Å². The molecular formula is C21H22N2O6S. The molecule has 158 valence electrons. The Morgan fingerprint density at radius 3 is 2.40 bits per heavy atom. The zero-order valence-electron chi connectivity index (χ0n) is 16.7. The summed E-state index contributed by atoms with van der Waals surface area (Å²) in [5, 5.41) is 5.50. The summed E-state index contributed by atoms with van der Waals surface area (Å²) in [7, 11) is 0. The Labute approximate surface area is 177 Å². The third kappa shape index (κ3) is 5.24. The van der Waals surface area contributed by atoms with Gasteiger partial charge in [0.2, 0.25) is 0 Å². The van der Waals surface area contributed by atoms with Crippen molar-refractivity contribution in [3.63, 3.8) is 0 Å². The van der Waals surface area contributed by atoms with Crippen molar-refractivity contribution in [1.29, 1.82) is 0 Å². The van der Waals surface area contributed by atoms with E-state index in [1.807, 2.05) is 6.07 Å². The molecule has 0 spiro atoms. The fourth-order valence-electron chi connectivity index (χ4n) is 2.71. The minimum Gasteiger partial charge on any atom is -0.462 e. The molecule has 0 radical (unpaired) electrons. The molecule has 1 heterocycles. The highest BCUT2D eigenvalue weighted by atomic mass is 32.1.